The highest BCUT2D eigenvalue weighted by atomic mass is 16.5. The highest BCUT2D eigenvalue weighted by Crippen LogP contribution is 2.20. The van der Waals surface area contributed by atoms with Gasteiger partial charge < -0.3 is 19.7 Å². The third kappa shape index (κ3) is 6.74. The predicted molar refractivity (Wildman–Crippen MR) is 125 cm³/mol. The van der Waals surface area contributed by atoms with Gasteiger partial charge in [-0.05, 0) is 49.1 Å². The van der Waals surface area contributed by atoms with E-state index in [1.54, 1.807) is 36.3 Å². The van der Waals surface area contributed by atoms with E-state index >= 15 is 0 Å². The number of nitrogens with one attached hydrogen (secondary N) is 1. The van der Waals surface area contributed by atoms with Gasteiger partial charge in [0.1, 0.15) is 17.5 Å². The van der Waals surface area contributed by atoms with E-state index in [9.17, 15) is 9.59 Å². The molecule has 0 spiro atoms. The molecule has 2 aromatic rings. The van der Waals surface area contributed by atoms with Crippen LogP contribution in [0.4, 0.5) is 0 Å². The Kier molecular flexibility index (Phi) is 8.96. The number of hydrogen-bond donors (Lipinski definition) is 1. The lowest BCUT2D eigenvalue weighted by Gasteiger charge is -2.32. The van der Waals surface area contributed by atoms with E-state index in [0.717, 1.165) is 37.0 Å². The molecule has 0 aliphatic heterocycles. The fourth-order valence-electron chi connectivity index (χ4n) is 4.14. The quantitative estimate of drug-likeness (QED) is 0.600. The number of carbonyl (C=O) groups excluding carboxylic acids is 2. The van der Waals surface area contributed by atoms with Gasteiger partial charge in [0, 0.05) is 12.6 Å². The number of rotatable bonds is 10. The largest absolute Gasteiger partial charge is 0.497 e. The number of nitrogens with zero attached hydrogens (tertiary/aromatic N) is 1. The molecule has 0 aromatic heterocycles. The fraction of sp³-hybridized carbons (Fsp3) is 0.462. The third-order valence-electron chi connectivity index (χ3n) is 5.95. The number of ether oxygens (including phenoxy) is 2. The zero-order valence-electron chi connectivity index (χ0n) is 19.1. The highest BCUT2D eigenvalue weighted by molar-refractivity contribution is 5.88. The molecule has 0 radical (unpaired) electrons. The second kappa shape index (κ2) is 12.1. The Hall–Kier alpha value is -3.02. The molecule has 1 aliphatic rings. The van der Waals surface area contributed by atoms with Crippen molar-refractivity contribution in [3.8, 4) is 11.5 Å². The van der Waals surface area contributed by atoms with E-state index < -0.39 is 6.04 Å². The molecule has 2 aromatic carbocycles. The minimum Gasteiger partial charge on any atom is -0.497 e. The fourth-order valence-corrected chi connectivity index (χ4v) is 4.14. The molecule has 1 fully saturated rings. The Labute approximate surface area is 190 Å². The maximum Gasteiger partial charge on any atom is 0.261 e. The molecule has 2 amide bonds. The van der Waals surface area contributed by atoms with Crippen LogP contribution >= 0.6 is 0 Å². The molecular weight excluding hydrogens is 404 g/mol. The van der Waals surface area contributed by atoms with Crippen molar-refractivity contribution in [1.82, 2.24) is 10.2 Å². The zero-order chi connectivity index (χ0) is 22.8. The Morgan fingerprint density at radius 3 is 2.28 bits per heavy atom. The van der Waals surface area contributed by atoms with Crippen molar-refractivity contribution in [2.45, 2.75) is 64.1 Å². The molecular formula is C26H34N2O4. The maximum atomic E-state index is 13.2. The summed E-state index contributed by atoms with van der Waals surface area (Å²) in [7, 11) is 1.60. The first kappa shape index (κ1) is 23.6. The number of carbonyl (C=O) groups is 2. The van der Waals surface area contributed by atoms with Gasteiger partial charge in [-0.15, -0.1) is 0 Å². The van der Waals surface area contributed by atoms with Gasteiger partial charge >= 0.3 is 0 Å². The zero-order valence-corrected chi connectivity index (χ0v) is 19.1. The summed E-state index contributed by atoms with van der Waals surface area (Å²) in [6.45, 7) is 2.18. The first-order valence-corrected chi connectivity index (χ1v) is 11.5. The van der Waals surface area contributed by atoms with Crippen molar-refractivity contribution < 1.29 is 19.1 Å². The molecule has 0 saturated heterocycles. The number of amides is 2. The molecule has 172 valence electrons. The summed E-state index contributed by atoms with van der Waals surface area (Å²) in [5.74, 6) is 1.02. The molecule has 6 heteroatoms. The summed E-state index contributed by atoms with van der Waals surface area (Å²) >= 11 is 0. The Balaban J connectivity index is 1.71. The van der Waals surface area contributed by atoms with Crippen LogP contribution in [-0.2, 0) is 16.1 Å². The average Bonchev–Trinajstić information content (AvgIpc) is 2.84. The Morgan fingerprint density at radius 1 is 1.00 bits per heavy atom. The van der Waals surface area contributed by atoms with Gasteiger partial charge in [0.2, 0.25) is 5.91 Å². The third-order valence-corrected chi connectivity index (χ3v) is 5.95. The summed E-state index contributed by atoms with van der Waals surface area (Å²) in [4.78, 5) is 28.1. The molecule has 0 heterocycles. The van der Waals surface area contributed by atoms with Gasteiger partial charge in [-0.1, -0.05) is 56.5 Å². The first-order valence-electron chi connectivity index (χ1n) is 11.5. The van der Waals surface area contributed by atoms with Crippen LogP contribution < -0.4 is 14.8 Å². The topological polar surface area (TPSA) is 67.9 Å². The van der Waals surface area contributed by atoms with Crippen molar-refractivity contribution in [2.75, 3.05) is 13.7 Å². The molecule has 1 saturated carbocycles. The summed E-state index contributed by atoms with van der Waals surface area (Å²) in [6.07, 6.45) is 6.07. The molecule has 3 rings (SSSR count). The van der Waals surface area contributed by atoms with Crippen LogP contribution in [0.15, 0.2) is 54.6 Å². The molecule has 32 heavy (non-hydrogen) atoms. The highest BCUT2D eigenvalue weighted by Gasteiger charge is 2.30. The van der Waals surface area contributed by atoms with Gasteiger partial charge in [0.25, 0.3) is 5.91 Å². The Morgan fingerprint density at radius 2 is 1.66 bits per heavy atom. The van der Waals surface area contributed by atoms with Crippen LogP contribution in [0.2, 0.25) is 0 Å². The van der Waals surface area contributed by atoms with Crippen molar-refractivity contribution in [2.24, 2.45) is 0 Å². The molecule has 1 N–H and O–H groups in total. The van der Waals surface area contributed by atoms with E-state index in [1.165, 1.54) is 6.42 Å². The lowest BCUT2D eigenvalue weighted by atomic mass is 9.95. The van der Waals surface area contributed by atoms with Crippen LogP contribution in [-0.4, -0.2) is 42.5 Å². The van der Waals surface area contributed by atoms with Crippen LogP contribution in [0.25, 0.3) is 0 Å². The van der Waals surface area contributed by atoms with E-state index in [-0.39, 0.29) is 24.5 Å². The average molecular weight is 439 g/mol. The van der Waals surface area contributed by atoms with Crippen molar-refractivity contribution in [3.63, 3.8) is 0 Å². The van der Waals surface area contributed by atoms with Crippen LogP contribution in [0.3, 0.4) is 0 Å². The summed E-state index contributed by atoms with van der Waals surface area (Å²) < 4.78 is 10.9. The monoisotopic (exact) mass is 438 g/mol. The van der Waals surface area contributed by atoms with Crippen LogP contribution in [0.1, 0.15) is 51.0 Å². The van der Waals surface area contributed by atoms with E-state index in [2.05, 4.69) is 5.32 Å². The summed E-state index contributed by atoms with van der Waals surface area (Å²) in [6, 6.07) is 16.5. The number of benzene rings is 2. The van der Waals surface area contributed by atoms with E-state index in [0.29, 0.717) is 18.7 Å². The van der Waals surface area contributed by atoms with Gasteiger partial charge in [-0.3, -0.25) is 9.59 Å². The Bertz CT molecular complexity index is 848. The molecule has 0 unspecified atom stereocenters. The van der Waals surface area contributed by atoms with Crippen molar-refractivity contribution >= 4 is 11.8 Å². The SMILES string of the molecule is CC[C@H](C(=O)NC1CCCCC1)N(Cc1ccccc1)C(=O)COc1ccc(OC)cc1. The summed E-state index contributed by atoms with van der Waals surface area (Å²) in [5.41, 5.74) is 0.981. The molecule has 6 nitrogen and oxygen atoms in total. The number of methoxy groups -OCH3 is 1. The van der Waals surface area contributed by atoms with Crippen LogP contribution in [0, 0.1) is 0 Å². The second-order valence-electron chi connectivity index (χ2n) is 8.24. The summed E-state index contributed by atoms with van der Waals surface area (Å²) in [5, 5.41) is 3.19. The predicted octanol–water partition coefficient (Wildman–Crippen LogP) is 4.33. The molecule has 0 bridgehead atoms. The van der Waals surface area contributed by atoms with Crippen molar-refractivity contribution in [3.05, 3.63) is 60.2 Å². The van der Waals surface area contributed by atoms with Gasteiger partial charge in [-0.25, -0.2) is 0 Å². The normalized spacial score (nSPS) is 14.9. The minimum atomic E-state index is -0.538. The van der Waals surface area contributed by atoms with Gasteiger partial charge in [-0.2, -0.15) is 0 Å². The first-order chi connectivity index (χ1) is 15.6. The molecule has 1 atom stereocenters. The van der Waals surface area contributed by atoms with Crippen molar-refractivity contribution in [1.29, 1.82) is 0 Å². The standard InChI is InChI=1S/C26H34N2O4/c1-3-24(26(30)27-21-12-8-5-9-13-21)28(18-20-10-6-4-7-11-20)25(29)19-32-23-16-14-22(31-2)15-17-23/h4,6-7,10-11,14-17,21,24H,3,5,8-9,12-13,18-19H2,1-2H3,(H,27,30)/t24-/m1/s1. The number of hydrogen-bond acceptors (Lipinski definition) is 4. The van der Waals surface area contributed by atoms with E-state index in [1.807, 2.05) is 37.3 Å². The smallest absolute Gasteiger partial charge is 0.261 e. The lowest BCUT2D eigenvalue weighted by Crippen LogP contribution is -2.52. The van der Waals surface area contributed by atoms with Gasteiger partial charge in [0.05, 0.1) is 7.11 Å². The van der Waals surface area contributed by atoms with E-state index in [4.69, 9.17) is 9.47 Å². The molecule has 1 aliphatic carbocycles. The second-order valence-corrected chi connectivity index (χ2v) is 8.24. The lowest BCUT2D eigenvalue weighted by molar-refractivity contribution is -0.143. The van der Waals surface area contributed by atoms with Gasteiger partial charge in [0.15, 0.2) is 6.61 Å². The van der Waals surface area contributed by atoms with Crippen LogP contribution in [0.5, 0.6) is 11.5 Å². The minimum absolute atomic E-state index is 0.0758. The maximum absolute atomic E-state index is 13.2.